The minimum Gasteiger partial charge on any atom is -0.465 e. The van der Waals surface area contributed by atoms with Crippen molar-refractivity contribution in [3.8, 4) is 5.69 Å². The average Bonchev–Trinajstić information content (AvgIpc) is 3.22. The van der Waals surface area contributed by atoms with Gasteiger partial charge in [-0.25, -0.2) is 13.9 Å². The second-order valence-corrected chi connectivity index (χ2v) is 6.45. The van der Waals surface area contributed by atoms with Crippen LogP contribution in [0.15, 0.2) is 54.7 Å². The Morgan fingerprint density at radius 3 is 2.64 bits per heavy atom. The third-order valence-electron chi connectivity index (χ3n) is 4.81. The highest BCUT2D eigenvalue weighted by Gasteiger charge is 2.28. The number of para-hydroxylation sites is 1. The maximum Gasteiger partial charge on any atom is 0.338 e. The summed E-state index contributed by atoms with van der Waals surface area (Å²) in [5.41, 5.74) is 2.42. The van der Waals surface area contributed by atoms with Crippen molar-refractivity contribution in [2.75, 3.05) is 18.6 Å². The summed E-state index contributed by atoms with van der Waals surface area (Å²) < 4.78 is 20.2. The number of aromatic nitrogens is 2. The maximum atomic E-state index is 14.0. The van der Waals surface area contributed by atoms with E-state index < -0.39 is 11.8 Å². The molecule has 6 nitrogen and oxygen atoms in total. The number of halogens is 1. The summed E-state index contributed by atoms with van der Waals surface area (Å²) in [6, 6.07) is 13.0. The summed E-state index contributed by atoms with van der Waals surface area (Å²) in [5.74, 6) is -1.14. The molecule has 0 atom stereocenters. The van der Waals surface area contributed by atoms with E-state index in [1.807, 2.05) is 6.07 Å². The van der Waals surface area contributed by atoms with E-state index in [1.54, 1.807) is 47.5 Å². The molecule has 0 unspecified atom stereocenters. The molecule has 3 aromatic rings. The molecule has 4 rings (SSSR count). The van der Waals surface area contributed by atoms with Gasteiger partial charge in [-0.15, -0.1) is 0 Å². The van der Waals surface area contributed by atoms with Crippen LogP contribution < -0.4 is 4.90 Å². The lowest BCUT2D eigenvalue weighted by atomic mass is 9.96. The highest BCUT2D eigenvalue weighted by molar-refractivity contribution is 6.06. The van der Waals surface area contributed by atoms with E-state index in [0.717, 1.165) is 12.0 Å². The number of carbonyl (C=O) groups is 2. The molecule has 0 spiro atoms. The van der Waals surface area contributed by atoms with Crippen LogP contribution in [-0.2, 0) is 11.2 Å². The fraction of sp³-hybridized carbons (Fsp3) is 0.190. The monoisotopic (exact) mass is 379 g/mol. The van der Waals surface area contributed by atoms with Gasteiger partial charge >= 0.3 is 5.97 Å². The number of hydrogen-bond acceptors (Lipinski definition) is 4. The second-order valence-electron chi connectivity index (χ2n) is 6.45. The fourth-order valence-corrected chi connectivity index (χ4v) is 3.48. The molecule has 142 valence electrons. The van der Waals surface area contributed by atoms with Crippen LogP contribution in [0, 0.1) is 5.82 Å². The van der Waals surface area contributed by atoms with Crippen molar-refractivity contribution >= 4 is 17.6 Å². The van der Waals surface area contributed by atoms with Gasteiger partial charge in [-0.1, -0.05) is 18.2 Å². The Bertz CT molecular complexity index is 1060. The Kier molecular flexibility index (Phi) is 4.65. The fourth-order valence-electron chi connectivity index (χ4n) is 3.48. The number of anilines is 1. The summed E-state index contributed by atoms with van der Waals surface area (Å²) >= 11 is 0. The topological polar surface area (TPSA) is 64.4 Å². The van der Waals surface area contributed by atoms with E-state index in [1.165, 1.54) is 17.9 Å². The van der Waals surface area contributed by atoms with Crippen LogP contribution in [0.5, 0.6) is 0 Å². The maximum absolute atomic E-state index is 14.0. The quantitative estimate of drug-likeness (QED) is 0.655. The van der Waals surface area contributed by atoms with Crippen molar-refractivity contribution in [1.29, 1.82) is 0 Å². The molecule has 2 aromatic carbocycles. The number of rotatable bonds is 3. The van der Waals surface area contributed by atoms with Crippen LogP contribution in [0.2, 0.25) is 0 Å². The molecule has 2 heterocycles. The Hall–Kier alpha value is -3.48. The van der Waals surface area contributed by atoms with Crippen LogP contribution >= 0.6 is 0 Å². The number of amides is 1. The van der Waals surface area contributed by atoms with Crippen molar-refractivity contribution in [3.05, 3.63) is 77.4 Å². The van der Waals surface area contributed by atoms with E-state index in [0.29, 0.717) is 24.2 Å². The molecule has 1 aromatic heterocycles. The minimum absolute atomic E-state index is 0.208. The molecular weight excluding hydrogens is 361 g/mol. The third kappa shape index (κ3) is 3.05. The number of benzene rings is 2. The number of nitrogens with zero attached hydrogens (tertiary/aromatic N) is 3. The number of carbonyl (C=O) groups excluding carboxylic acids is 2. The van der Waals surface area contributed by atoms with Crippen LogP contribution in [0.4, 0.5) is 10.1 Å². The lowest BCUT2D eigenvalue weighted by molar-refractivity contribution is 0.0599. The van der Waals surface area contributed by atoms with Crippen molar-refractivity contribution in [2.24, 2.45) is 0 Å². The van der Waals surface area contributed by atoms with Gasteiger partial charge < -0.3 is 9.64 Å². The van der Waals surface area contributed by atoms with Crippen LogP contribution in [0.25, 0.3) is 5.69 Å². The molecule has 0 saturated heterocycles. The molecule has 0 N–H and O–H groups in total. The first-order chi connectivity index (χ1) is 13.6. The van der Waals surface area contributed by atoms with Gasteiger partial charge in [-0.05, 0) is 48.7 Å². The molecule has 0 radical (unpaired) electrons. The van der Waals surface area contributed by atoms with Gasteiger partial charge in [0, 0.05) is 18.4 Å². The summed E-state index contributed by atoms with van der Waals surface area (Å²) in [7, 11) is 1.34. The lowest BCUT2D eigenvalue weighted by Crippen LogP contribution is -2.36. The van der Waals surface area contributed by atoms with Crippen LogP contribution in [-0.4, -0.2) is 35.3 Å². The zero-order chi connectivity index (χ0) is 19.7. The summed E-state index contributed by atoms with van der Waals surface area (Å²) in [5, 5.41) is 4.26. The van der Waals surface area contributed by atoms with Crippen molar-refractivity contribution in [3.63, 3.8) is 0 Å². The molecule has 0 aliphatic carbocycles. The second kappa shape index (κ2) is 7.26. The van der Waals surface area contributed by atoms with Crippen molar-refractivity contribution in [1.82, 2.24) is 9.78 Å². The van der Waals surface area contributed by atoms with E-state index in [4.69, 9.17) is 4.74 Å². The normalized spacial score (nSPS) is 13.1. The zero-order valence-corrected chi connectivity index (χ0v) is 15.3. The highest BCUT2D eigenvalue weighted by atomic mass is 19.1. The number of fused-ring (bicyclic) bond motifs is 1. The molecule has 0 bridgehead atoms. The molecule has 28 heavy (non-hydrogen) atoms. The van der Waals surface area contributed by atoms with E-state index >= 15 is 0 Å². The lowest BCUT2D eigenvalue weighted by Gasteiger charge is -2.30. The first kappa shape index (κ1) is 17.9. The van der Waals surface area contributed by atoms with Crippen molar-refractivity contribution in [2.45, 2.75) is 12.8 Å². The SMILES string of the molecule is COC(=O)c1cccc2c1CCCN2C(=O)c1ccn(-c2ccccc2F)n1. The molecule has 7 heteroatoms. The number of hydrogen-bond donors (Lipinski definition) is 0. The largest absolute Gasteiger partial charge is 0.465 e. The summed E-state index contributed by atoms with van der Waals surface area (Å²) in [6.07, 6.45) is 2.97. The summed E-state index contributed by atoms with van der Waals surface area (Å²) in [4.78, 5) is 26.7. The third-order valence-corrected chi connectivity index (χ3v) is 4.81. The van der Waals surface area contributed by atoms with Gasteiger partial charge in [0.2, 0.25) is 0 Å². The average molecular weight is 379 g/mol. The van der Waals surface area contributed by atoms with E-state index in [-0.39, 0.29) is 17.3 Å². The van der Waals surface area contributed by atoms with Crippen LogP contribution in [0.3, 0.4) is 0 Å². The number of ether oxygens (including phenoxy) is 1. The van der Waals surface area contributed by atoms with Gasteiger partial charge in [0.25, 0.3) is 5.91 Å². The standard InChI is InChI=1S/C21H18FN3O3/c1-28-21(27)15-6-4-10-18-14(15)7-5-12-24(18)20(26)17-11-13-25(23-17)19-9-3-2-8-16(19)22/h2-4,6,8-11,13H,5,7,12H2,1H3. The minimum atomic E-state index is -0.421. The Balaban J connectivity index is 1.68. The Morgan fingerprint density at radius 2 is 1.86 bits per heavy atom. The van der Waals surface area contributed by atoms with E-state index in [9.17, 15) is 14.0 Å². The highest BCUT2D eigenvalue weighted by Crippen LogP contribution is 2.31. The number of methoxy groups -OCH3 is 1. The van der Waals surface area contributed by atoms with Crippen molar-refractivity contribution < 1.29 is 18.7 Å². The Labute approximate surface area is 161 Å². The van der Waals surface area contributed by atoms with Gasteiger partial charge in [-0.3, -0.25) is 4.79 Å². The first-order valence-corrected chi connectivity index (χ1v) is 8.93. The van der Waals surface area contributed by atoms with E-state index in [2.05, 4.69) is 5.10 Å². The van der Waals surface area contributed by atoms with Crippen LogP contribution in [0.1, 0.15) is 32.8 Å². The van der Waals surface area contributed by atoms with Gasteiger partial charge in [0.15, 0.2) is 5.69 Å². The van der Waals surface area contributed by atoms with Gasteiger partial charge in [0.05, 0.1) is 12.7 Å². The Morgan fingerprint density at radius 1 is 1.07 bits per heavy atom. The molecule has 1 aliphatic heterocycles. The predicted molar refractivity (Wildman–Crippen MR) is 101 cm³/mol. The molecule has 0 saturated carbocycles. The van der Waals surface area contributed by atoms with Gasteiger partial charge in [0.1, 0.15) is 11.5 Å². The molecule has 0 fully saturated rings. The van der Waals surface area contributed by atoms with Gasteiger partial charge in [-0.2, -0.15) is 5.10 Å². The smallest absolute Gasteiger partial charge is 0.338 e. The predicted octanol–water partition coefficient (Wildman–Crippen LogP) is 3.39. The first-order valence-electron chi connectivity index (χ1n) is 8.93. The summed E-state index contributed by atoms with van der Waals surface area (Å²) in [6.45, 7) is 0.517. The molecule has 1 aliphatic rings. The molecular formula is C21H18FN3O3. The zero-order valence-electron chi connectivity index (χ0n) is 15.3. The number of esters is 1. The molecule has 1 amide bonds.